The molecule has 0 aliphatic carbocycles. The third-order valence-corrected chi connectivity index (χ3v) is 8.45. The zero-order valence-electron chi connectivity index (χ0n) is 20.6. The van der Waals surface area contributed by atoms with Crippen LogP contribution in [0.3, 0.4) is 0 Å². The van der Waals surface area contributed by atoms with Crippen LogP contribution in [0.4, 0.5) is 0 Å². The fraction of sp³-hybridized carbons (Fsp3) is 0.320. The van der Waals surface area contributed by atoms with Crippen LogP contribution in [-0.2, 0) is 26.1 Å². The van der Waals surface area contributed by atoms with Crippen molar-refractivity contribution in [3.63, 3.8) is 0 Å². The van der Waals surface area contributed by atoms with Crippen LogP contribution < -0.4 is 4.80 Å². The number of nitriles is 2. The molecule has 0 aliphatic heterocycles. The first kappa shape index (κ1) is 27.7. The number of amides is 1. The first-order valence-corrected chi connectivity index (χ1v) is 13.5. The number of hydrogen-bond acceptors (Lipinski definition) is 8. The maximum atomic E-state index is 13.0. The van der Waals surface area contributed by atoms with E-state index in [0.717, 1.165) is 25.6 Å². The van der Waals surface area contributed by atoms with Gasteiger partial charge in [-0.3, -0.25) is 9.59 Å². The molecule has 3 aromatic rings. The molecule has 0 saturated heterocycles. The number of thiazole rings is 1. The molecule has 12 heteroatoms. The van der Waals surface area contributed by atoms with E-state index in [1.54, 1.807) is 4.57 Å². The summed E-state index contributed by atoms with van der Waals surface area (Å²) in [6.07, 6.45) is -0.0281. The van der Waals surface area contributed by atoms with Gasteiger partial charge in [0.2, 0.25) is 10.0 Å². The smallest absolute Gasteiger partial charge is 0.325 e. The number of ether oxygens (including phenoxy) is 1. The molecule has 0 bridgehead atoms. The highest BCUT2D eigenvalue weighted by Crippen LogP contribution is 2.24. The highest BCUT2D eigenvalue weighted by Gasteiger charge is 2.24. The summed E-state index contributed by atoms with van der Waals surface area (Å²) >= 11 is 1.27. The molecule has 0 radical (unpaired) electrons. The minimum absolute atomic E-state index is 0.0140. The van der Waals surface area contributed by atoms with E-state index in [9.17, 15) is 18.0 Å². The number of hydrogen-bond donors (Lipinski definition) is 0. The maximum absolute atomic E-state index is 13.0. The molecule has 1 aromatic heterocycles. The lowest BCUT2D eigenvalue weighted by Gasteiger charge is -2.20. The second-order valence-electron chi connectivity index (χ2n) is 8.14. The third-order valence-electron chi connectivity index (χ3n) is 5.51. The summed E-state index contributed by atoms with van der Waals surface area (Å²) in [6, 6.07) is 13.1. The average Bonchev–Trinajstić information content (AvgIpc) is 3.20. The van der Waals surface area contributed by atoms with Crippen LogP contribution in [0.1, 0.15) is 34.3 Å². The highest BCUT2D eigenvalue weighted by molar-refractivity contribution is 7.89. The lowest BCUT2D eigenvalue weighted by Crippen LogP contribution is -2.32. The van der Waals surface area contributed by atoms with E-state index in [2.05, 4.69) is 4.99 Å². The predicted octanol–water partition coefficient (Wildman–Crippen LogP) is 3.05. The van der Waals surface area contributed by atoms with Gasteiger partial charge in [0.15, 0.2) is 4.80 Å². The summed E-state index contributed by atoms with van der Waals surface area (Å²) < 4.78 is 34.4. The number of fused-ring (bicyclic) bond motifs is 1. The summed E-state index contributed by atoms with van der Waals surface area (Å²) in [6.45, 7) is 3.67. The van der Waals surface area contributed by atoms with Gasteiger partial charge in [0.1, 0.15) is 6.54 Å². The molecular formula is C25H25N5O5S2. The normalized spacial score (nSPS) is 11.9. The molecule has 2 aromatic carbocycles. The summed E-state index contributed by atoms with van der Waals surface area (Å²) in [5.74, 6) is -1.09. The molecule has 0 saturated carbocycles. The number of aromatic nitrogens is 1. The van der Waals surface area contributed by atoms with E-state index in [1.165, 1.54) is 42.7 Å². The van der Waals surface area contributed by atoms with Gasteiger partial charge in [0.05, 0.1) is 34.4 Å². The SMILES string of the molecule is COC(=O)Cn1c(=NC(=O)c2ccc(S(=O)(=O)N(CCC#N)CCC#N)cc2)sc2cc(C)cc(C)c21. The maximum Gasteiger partial charge on any atom is 0.325 e. The number of nitrogens with zero attached hydrogens (tertiary/aromatic N) is 5. The number of aryl methyl sites for hydroxylation is 2. The second-order valence-corrected chi connectivity index (χ2v) is 11.1. The molecule has 0 aliphatic rings. The van der Waals surface area contributed by atoms with Gasteiger partial charge in [-0.1, -0.05) is 17.4 Å². The molecular weight excluding hydrogens is 514 g/mol. The number of carbonyl (C=O) groups excluding carboxylic acids is 2. The molecule has 0 fully saturated rings. The predicted molar refractivity (Wildman–Crippen MR) is 137 cm³/mol. The van der Waals surface area contributed by atoms with Crippen molar-refractivity contribution in [2.45, 2.75) is 38.1 Å². The molecule has 3 rings (SSSR count). The zero-order chi connectivity index (χ0) is 27.2. The van der Waals surface area contributed by atoms with Crippen molar-refractivity contribution in [3.8, 4) is 12.1 Å². The van der Waals surface area contributed by atoms with Crippen molar-refractivity contribution >= 4 is 43.5 Å². The molecule has 1 heterocycles. The van der Waals surface area contributed by atoms with Crippen LogP contribution in [0.15, 0.2) is 46.3 Å². The Balaban J connectivity index is 1.99. The second kappa shape index (κ2) is 11.9. The first-order valence-electron chi connectivity index (χ1n) is 11.2. The van der Waals surface area contributed by atoms with Gasteiger partial charge in [0.25, 0.3) is 5.91 Å². The fourth-order valence-electron chi connectivity index (χ4n) is 3.79. The van der Waals surface area contributed by atoms with Crippen molar-refractivity contribution in [1.29, 1.82) is 10.5 Å². The summed E-state index contributed by atoms with van der Waals surface area (Å²) in [7, 11) is -2.67. The summed E-state index contributed by atoms with van der Waals surface area (Å²) in [5, 5.41) is 17.7. The van der Waals surface area contributed by atoms with Crippen molar-refractivity contribution < 1.29 is 22.7 Å². The lowest BCUT2D eigenvalue weighted by atomic mass is 10.1. The van der Waals surface area contributed by atoms with E-state index in [0.29, 0.717) is 4.80 Å². The van der Waals surface area contributed by atoms with Crippen LogP contribution in [0, 0.1) is 36.5 Å². The van der Waals surface area contributed by atoms with E-state index in [4.69, 9.17) is 15.3 Å². The van der Waals surface area contributed by atoms with Gasteiger partial charge < -0.3 is 9.30 Å². The average molecular weight is 540 g/mol. The Kier molecular flexibility index (Phi) is 8.95. The Morgan fingerprint density at radius 2 is 1.70 bits per heavy atom. The van der Waals surface area contributed by atoms with Crippen LogP contribution in [-0.4, -0.2) is 49.4 Å². The van der Waals surface area contributed by atoms with Gasteiger partial charge in [0, 0.05) is 31.5 Å². The van der Waals surface area contributed by atoms with E-state index >= 15 is 0 Å². The largest absolute Gasteiger partial charge is 0.468 e. The number of methoxy groups -OCH3 is 1. The van der Waals surface area contributed by atoms with E-state index < -0.39 is 21.9 Å². The lowest BCUT2D eigenvalue weighted by molar-refractivity contribution is -0.141. The van der Waals surface area contributed by atoms with Gasteiger partial charge in [-0.25, -0.2) is 8.42 Å². The Morgan fingerprint density at radius 3 is 2.27 bits per heavy atom. The van der Waals surface area contributed by atoms with Crippen molar-refractivity contribution in [1.82, 2.24) is 8.87 Å². The topological polar surface area (TPSA) is 146 Å². The van der Waals surface area contributed by atoms with Gasteiger partial charge in [-0.2, -0.15) is 19.8 Å². The van der Waals surface area contributed by atoms with Crippen LogP contribution in [0.5, 0.6) is 0 Å². The van der Waals surface area contributed by atoms with Crippen LogP contribution in [0.25, 0.3) is 10.2 Å². The zero-order valence-corrected chi connectivity index (χ0v) is 22.2. The number of rotatable bonds is 9. The first-order chi connectivity index (χ1) is 17.6. The molecule has 0 atom stereocenters. The number of esters is 1. The highest BCUT2D eigenvalue weighted by atomic mass is 32.2. The van der Waals surface area contributed by atoms with Crippen LogP contribution >= 0.6 is 11.3 Å². The minimum atomic E-state index is -3.96. The Bertz CT molecular complexity index is 1570. The minimum Gasteiger partial charge on any atom is -0.468 e. The summed E-state index contributed by atoms with van der Waals surface area (Å²) in [5.41, 5.74) is 2.90. The quantitative estimate of drug-likeness (QED) is 0.380. The summed E-state index contributed by atoms with van der Waals surface area (Å²) in [4.78, 5) is 29.6. The van der Waals surface area contributed by atoms with E-state index in [-0.39, 0.29) is 42.9 Å². The molecule has 192 valence electrons. The molecule has 10 nitrogen and oxygen atoms in total. The monoisotopic (exact) mass is 539 g/mol. The van der Waals surface area contributed by atoms with Crippen molar-refractivity contribution in [2.75, 3.05) is 20.2 Å². The number of benzene rings is 2. The number of sulfonamides is 1. The van der Waals surface area contributed by atoms with Crippen LogP contribution in [0.2, 0.25) is 0 Å². The Labute approximate surface area is 218 Å². The third kappa shape index (κ3) is 6.30. The standard InChI is InChI=1S/C25H25N5O5S2/c1-17-14-18(2)23-21(15-17)36-25(30(23)16-22(31)35-3)28-24(32)19-6-8-20(9-7-19)37(33,34)29(12-4-10-26)13-5-11-27/h6-9,14-15H,4-5,12-13,16H2,1-3H3. The van der Waals surface area contributed by atoms with Crippen molar-refractivity contribution in [3.05, 3.63) is 57.9 Å². The molecule has 37 heavy (non-hydrogen) atoms. The Hall–Kier alpha value is -3.84. The van der Waals surface area contributed by atoms with Gasteiger partial charge in [-0.15, -0.1) is 0 Å². The molecule has 0 N–H and O–H groups in total. The van der Waals surface area contributed by atoms with Gasteiger partial charge in [-0.05, 0) is 55.3 Å². The fourth-order valence-corrected chi connectivity index (χ4v) is 6.43. The van der Waals surface area contributed by atoms with E-state index in [1.807, 2.05) is 38.1 Å². The molecule has 0 unspecified atom stereocenters. The number of carbonyl (C=O) groups is 2. The molecule has 1 amide bonds. The molecule has 0 spiro atoms. The van der Waals surface area contributed by atoms with Gasteiger partial charge >= 0.3 is 5.97 Å². The Morgan fingerprint density at radius 1 is 1.08 bits per heavy atom. The van der Waals surface area contributed by atoms with Crippen molar-refractivity contribution in [2.24, 2.45) is 4.99 Å².